The summed E-state index contributed by atoms with van der Waals surface area (Å²) in [5.74, 6) is -0.376. The molecule has 2 aliphatic rings. The second kappa shape index (κ2) is 5.26. The Morgan fingerprint density at radius 1 is 1.50 bits per heavy atom. The summed E-state index contributed by atoms with van der Waals surface area (Å²) in [5.41, 5.74) is 3.48. The number of aryl methyl sites for hydroxylation is 1. The molecule has 1 fully saturated rings. The number of nitrogens with one attached hydrogen (secondary N) is 1. The number of hydrogen-bond acceptors (Lipinski definition) is 3. The Labute approximate surface area is 123 Å². The molecule has 1 aromatic rings. The highest BCUT2D eigenvalue weighted by Gasteiger charge is 2.33. The molecule has 2 unspecified atom stereocenters. The molecule has 1 saturated heterocycles. The number of carboxylic acids is 1. The third kappa shape index (κ3) is 2.17. The summed E-state index contributed by atoms with van der Waals surface area (Å²) in [7, 11) is 1.62. The Kier molecular flexibility index (Phi) is 3.61. The normalized spacial score (nSPS) is 24.7. The van der Waals surface area contributed by atoms with E-state index in [0.717, 1.165) is 24.8 Å². The van der Waals surface area contributed by atoms with E-state index in [1.54, 1.807) is 7.11 Å². The Hall–Kier alpha value is -1.26. The van der Waals surface area contributed by atoms with Gasteiger partial charge in [-0.2, -0.15) is 0 Å². The molecule has 0 aromatic heterocycles. The summed E-state index contributed by atoms with van der Waals surface area (Å²) < 4.78 is 5.49. The van der Waals surface area contributed by atoms with Crippen LogP contribution in [0.4, 0.5) is 0 Å². The van der Waals surface area contributed by atoms with E-state index in [-0.39, 0.29) is 12.0 Å². The van der Waals surface area contributed by atoms with E-state index in [1.165, 1.54) is 11.1 Å². The van der Waals surface area contributed by atoms with Crippen LogP contribution in [-0.4, -0.2) is 24.7 Å². The van der Waals surface area contributed by atoms with Gasteiger partial charge in [0.15, 0.2) is 0 Å². The van der Waals surface area contributed by atoms with Gasteiger partial charge in [-0.3, -0.25) is 4.79 Å². The predicted octanol–water partition coefficient (Wildman–Crippen LogP) is 2.57. The van der Waals surface area contributed by atoms with Crippen molar-refractivity contribution < 1.29 is 14.6 Å². The van der Waals surface area contributed by atoms with Crippen LogP contribution < -0.4 is 10.1 Å². The van der Waals surface area contributed by atoms with Gasteiger partial charge in [-0.05, 0) is 36.8 Å². The Morgan fingerprint density at radius 3 is 2.95 bits per heavy atom. The summed E-state index contributed by atoms with van der Waals surface area (Å²) in [6.07, 6.45) is 3.75. The average molecular weight is 296 g/mol. The lowest BCUT2D eigenvalue weighted by Gasteiger charge is -2.19. The number of methoxy groups -OCH3 is 1. The molecule has 0 radical (unpaired) electrons. The first-order valence-electron chi connectivity index (χ1n) is 6.96. The van der Waals surface area contributed by atoms with Crippen molar-refractivity contribution in [2.45, 2.75) is 31.7 Å². The fourth-order valence-electron chi connectivity index (χ4n) is 3.32. The zero-order valence-corrected chi connectivity index (χ0v) is 12.2. The Bertz CT molecular complexity index is 559. The summed E-state index contributed by atoms with van der Waals surface area (Å²) in [4.78, 5) is 11.1. The molecule has 5 heteroatoms. The summed E-state index contributed by atoms with van der Waals surface area (Å²) >= 11 is 6.47. The smallest absolute Gasteiger partial charge is 0.307 e. The van der Waals surface area contributed by atoms with E-state index in [2.05, 4.69) is 11.4 Å². The number of aliphatic carboxylic acids is 1. The van der Waals surface area contributed by atoms with Gasteiger partial charge in [-0.1, -0.05) is 17.7 Å². The molecule has 2 N–H and O–H groups in total. The van der Waals surface area contributed by atoms with Crippen LogP contribution in [0.3, 0.4) is 0 Å². The molecule has 108 valence electrons. The lowest BCUT2D eigenvalue weighted by molar-refractivity contribution is -0.141. The molecule has 1 aliphatic heterocycles. The van der Waals surface area contributed by atoms with Crippen LogP contribution in [0.25, 0.3) is 0 Å². The fraction of sp³-hybridized carbons (Fsp3) is 0.533. The number of benzene rings is 1. The first-order valence-corrected chi connectivity index (χ1v) is 7.34. The lowest BCUT2D eigenvalue weighted by atomic mass is 9.96. The maximum Gasteiger partial charge on any atom is 0.307 e. The van der Waals surface area contributed by atoms with Crippen LogP contribution in [0.1, 0.15) is 35.6 Å². The summed E-state index contributed by atoms with van der Waals surface area (Å²) in [6.45, 7) is 0.498. The second-order valence-electron chi connectivity index (χ2n) is 5.54. The molecule has 1 heterocycles. The quantitative estimate of drug-likeness (QED) is 0.900. The monoisotopic (exact) mass is 295 g/mol. The molecule has 0 amide bonds. The molecular formula is C15H18ClNO3. The van der Waals surface area contributed by atoms with Crippen molar-refractivity contribution >= 4 is 17.6 Å². The fourth-order valence-corrected chi connectivity index (χ4v) is 3.72. The lowest BCUT2D eigenvalue weighted by Crippen LogP contribution is -2.17. The van der Waals surface area contributed by atoms with Crippen molar-refractivity contribution in [3.8, 4) is 5.75 Å². The minimum atomic E-state index is -0.744. The van der Waals surface area contributed by atoms with E-state index >= 15 is 0 Å². The molecule has 4 nitrogen and oxygen atoms in total. The number of ether oxygens (including phenoxy) is 1. The first kappa shape index (κ1) is 13.7. The molecule has 0 saturated carbocycles. The minimum absolute atomic E-state index is 0.00875. The largest absolute Gasteiger partial charge is 0.495 e. The van der Waals surface area contributed by atoms with Gasteiger partial charge in [0, 0.05) is 18.2 Å². The molecule has 0 bridgehead atoms. The van der Waals surface area contributed by atoms with Crippen LogP contribution in [0.2, 0.25) is 5.02 Å². The van der Waals surface area contributed by atoms with Gasteiger partial charge in [-0.25, -0.2) is 0 Å². The highest BCUT2D eigenvalue weighted by Crippen LogP contribution is 2.43. The van der Waals surface area contributed by atoms with Crippen molar-refractivity contribution in [1.29, 1.82) is 0 Å². The predicted molar refractivity (Wildman–Crippen MR) is 76.5 cm³/mol. The standard InChI is InChI=1S/C15H18ClNO3/c1-20-14-11(12-6-9(7-17-12)15(18)19)5-8-3-2-4-10(8)13(14)16/h5,9,12,17H,2-4,6-7H2,1H3,(H,18,19). The van der Waals surface area contributed by atoms with Gasteiger partial charge in [0.05, 0.1) is 18.1 Å². The number of rotatable bonds is 3. The van der Waals surface area contributed by atoms with E-state index < -0.39 is 5.97 Å². The molecule has 3 rings (SSSR count). The highest BCUT2D eigenvalue weighted by atomic mass is 35.5. The van der Waals surface area contributed by atoms with Gasteiger partial charge in [-0.15, -0.1) is 0 Å². The maximum atomic E-state index is 11.1. The molecular weight excluding hydrogens is 278 g/mol. The number of carboxylic acid groups (broad SMARTS) is 1. The van der Waals surface area contributed by atoms with Gasteiger partial charge in [0.25, 0.3) is 0 Å². The third-order valence-electron chi connectivity index (χ3n) is 4.38. The maximum absolute atomic E-state index is 11.1. The highest BCUT2D eigenvalue weighted by molar-refractivity contribution is 6.33. The summed E-state index contributed by atoms with van der Waals surface area (Å²) in [6, 6.07) is 2.16. The summed E-state index contributed by atoms with van der Waals surface area (Å²) in [5, 5.41) is 13.1. The number of fused-ring (bicyclic) bond motifs is 1. The van der Waals surface area contributed by atoms with Crippen LogP contribution in [-0.2, 0) is 17.6 Å². The van der Waals surface area contributed by atoms with Gasteiger partial charge >= 0.3 is 5.97 Å². The SMILES string of the molecule is COc1c(C2CC(C(=O)O)CN2)cc2c(c1Cl)CCC2. The minimum Gasteiger partial charge on any atom is -0.495 e. The Balaban J connectivity index is 1.98. The molecule has 20 heavy (non-hydrogen) atoms. The van der Waals surface area contributed by atoms with Gasteiger partial charge < -0.3 is 15.2 Å². The number of hydrogen-bond donors (Lipinski definition) is 2. The van der Waals surface area contributed by atoms with E-state index in [1.807, 2.05) is 0 Å². The van der Waals surface area contributed by atoms with Crippen LogP contribution in [0, 0.1) is 5.92 Å². The third-order valence-corrected chi connectivity index (χ3v) is 4.78. The number of carbonyl (C=O) groups is 1. The van der Waals surface area contributed by atoms with Crippen LogP contribution in [0.15, 0.2) is 6.07 Å². The first-order chi connectivity index (χ1) is 9.61. The van der Waals surface area contributed by atoms with E-state index in [9.17, 15) is 4.79 Å². The van der Waals surface area contributed by atoms with Crippen molar-refractivity contribution in [3.63, 3.8) is 0 Å². The average Bonchev–Trinajstić information content (AvgIpc) is 3.07. The van der Waals surface area contributed by atoms with E-state index in [4.69, 9.17) is 21.4 Å². The molecule has 1 aromatic carbocycles. The molecule has 0 spiro atoms. The van der Waals surface area contributed by atoms with Gasteiger partial charge in [0.1, 0.15) is 5.75 Å². The number of halogens is 1. The van der Waals surface area contributed by atoms with E-state index in [0.29, 0.717) is 23.7 Å². The second-order valence-corrected chi connectivity index (χ2v) is 5.91. The molecule has 2 atom stereocenters. The van der Waals surface area contributed by atoms with Crippen LogP contribution in [0.5, 0.6) is 5.75 Å². The zero-order chi connectivity index (χ0) is 14.3. The van der Waals surface area contributed by atoms with Gasteiger partial charge in [0.2, 0.25) is 0 Å². The van der Waals surface area contributed by atoms with Crippen molar-refractivity contribution in [3.05, 3.63) is 27.8 Å². The van der Waals surface area contributed by atoms with Crippen LogP contribution >= 0.6 is 11.6 Å². The Morgan fingerprint density at radius 2 is 2.30 bits per heavy atom. The van der Waals surface area contributed by atoms with Crippen molar-refractivity contribution in [2.24, 2.45) is 5.92 Å². The molecule has 1 aliphatic carbocycles. The van der Waals surface area contributed by atoms with Crippen molar-refractivity contribution in [2.75, 3.05) is 13.7 Å². The topological polar surface area (TPSA) is 58.6 Å². The van der Waals surface area contributed by atoms with Crippen molar-refractivity contribution in [1.82, 2.24) is 5.32 Å². The zero-order valence-electron chi connectivity index (χ0n) is 11.4.